The summed E-state index contributed by atoms with van der Waals surface area (Å²) in [7, 11) is 0. The molecule has 0 N–H and O–H groups in total. The number of nitrogens with zero attached hydrogens (tertiary/aromatic N) is 1. The fourth-order valence-electron chi connectivity index (χ4n) is 4.88. The van der Waals surface area contributed by atoms with Gasteiger partial charge in [-0.05, 0) is 53.9 Å². The molecule has 0 spiro atoms. The quantitative estimate of drug-likeness (QED) is 0.262. The average molecular weight is 506 g/mol. The van der Waals surface area contributed by atoms with Gasteiger partial charge in [0, 0.05) is 6.54 Å². The molecule has 1 aliphatic heterocycles. The highest BCUT2D eigenvalue weighted by atomic mass is 19.1. The van der Waals surface area contributed by atoms with E-state index in [0.29, 0.717) is 12.4 Å². The molecule has 4 aromatic carbocycles. The van der Waals surface area contributed by atoms with E-state index in [2.05, 4.69) is 0 Å². The molecular formula is C32H24FNO4. The maximum atomic E-state index is 14.0. The van der Waals surface area contributed by atoms with Gasteiger partial charge in [0.05, 0.1) is 17.0 Å². The van der Waals surface area contributed by atoms with Crippen LogP contribution in [0.15, 0.2) is 106 Å². The third-order valence-electron chi connectivity index (χ3n) is 6.85. The summed E-state index contributed by atoms with van der Waals surface area (Å²) in [6.07, 6.45) is 0. The zero-order chi connectivity index (χ0) is 26.2. The van der Waals surface area contributed by atoms with Crippen LogP contribution in [0.5, 0.6) is 5.75 Å². The van der Waals surface area contributed by atoms with Crippen LogP contribution in [-0.2, 0) is 13.2 Å². The minimum absolute atomic E-state index is 0.00405. The first-order valence-electron chi connectivity index (χ1n) is 12.4. The molecule has 1 aliphatic rings. The van der Waals surface area contributed by atoms with E-state index in [1.165, 1.54) is 12.1 Å². The van der Waals surface area contributed by atoms with E-state index in [1.807, 2.05) is 85.8 Å². The number of fused-ring (bicyclic) bond motifs is 2. The van der Waals surface area contributed by atoms with Gasteiger partial charge in [0.2, 0.25) is 5.76 Å². The molecular weight excluding hydrogens is 481 g/mol. The van der Waals surface area contributed by atoms with Gasteiger partial charge in [-0.2, -0.15) is 0 Å². The van der Waals surface area contributed by atoms with Crippen LogP contribution in [0.3, 0.4) is 0 Å². The highest BCUT2D eigenvalue weighted by Gasteiger charge is 2.42. The van der Waals surface area contributed by atoms with Crippen LogP contribution in [0.2, 0.25) is 0 Å². The van der Waals surface area contributed by atoms with Gasteiger partial charge >= 0.3 is 0 Å². The molecule has 0 radical (unpaired) electrons. The van der Waals surface area contributed by atoms with E-state index in [0.717, 1.165) is 28.3 Å². The molecule has 1 aromatic heterocycles. The highest BCUT2D eigenvalue weighted by molar-refractivity contribution is 5.99. The maximum Gasteiger partial charge on any atom is 0.291 e. The number of ether oxygens (including phenoxy) is 1. The van der Waals surface area contributed by atoms with E-state index in [1.54, 1.807) is 4.90 Å². The largest absolute Gasteiger partial charge is 0.489 e. The summed E-state index contributed by atoms with van der Waals surface area (Å²) in [6, 6.07) is 28.2. The molecule has 5 aromatic rings. The van der Waals surface area contributed by atoms with Crippen molar-refractivity contribution in [2.45, 2.75) is 26.1 Å². The minimum atomic E-state index is -0.689. The van der Waals surface area contributed by atoms with Gasteiger partial charge in [0.25, 0.3) is 5.91 Å². The molecule has 5 nitrogen and oxygen atoms in total. The summed E-state index contributed by atoms with van der Waals surface area (Å²) in [5, 5.41) is 0.113. The topological polar surface area (TPSA) is 59.8 Å². The van der Waals surface area contributed by atoms with Gasteiger partial charge < -0.3 is 14.1 Å². The normalized spacial score (nSPS) is 14.6. The monoisotopic (exact) mass is 505 g/mol. The highest BCUT2D eigenvalue weighted by Crippen LogP contribution is 2.39. The van der Waals surface area contributed by atoms with E-state index < -0.39 is 17.3 Å². The molecule has 6 rings (SSSR count). The lowest BCUT2D eigenvalue weighted by Gasteiger charge is -2.25. The number of aryl methyl sites for hydroxylation is 1. The number of rotatable bonds is 6. The Hall–Kier alpha value is -4.71. The lowest BCUT2D eigenvalue weighted by atomic mass is 9.98. The summed E-state index contributed by atoms with van der Waals surface area (Å²) in [5.74, 6) is -0.254. The Morgan fingerprint density at radius 3 is 2.34 bits per heavy atom. The summed E-state index contributed by atoms with van der Waals surface area (Å²) in [4.78, 5) is 28.9. The van der Waals surface area contributed by atoms with Crippen molar-refractivity contribution in [2.24, 2.45) is 0 Å². The number of carbonyl (C=O) groups is 1. The Kier molecular flexibility index (Phi) is 6.00. The predicted octanol–water partition coefficient (Wildman–Crippen LogP) is 6.56. The standard InChI is InChI=1S/C32H24FNO4/c1-20-7-9-21(10-8-20)18-34-29(23-11-14-25(15-12-23)37-19-22-5-3-2-4-6-22)28-30(35)26-17-24(33)13-16-27(26)38-31(28)32(34)36/h2-17,29H,18-19H2,1H3. The zero-order valence-electron chi connectivity index (χ0n) is 20.7. The Labute approximate surface area is 218 Å². The van der Waals surface area contributed by atoms with Crippen LogP contribution in [0, 0.1) is 12.7 Å². The summed E-state index contributed by atoms with van der Waals surface area (Å²) < 4.78 is 25.9. The van der Waals surface area contributed by atoms with Gasteiger partial charge in [-0.3, -0.25) is 9.59 Å². The number of carbonyl (C=O) groups excluding carboxylic acids is 1. The molecule has 2 heterocycles. The van der Waals surface area contributed by atoms with E-state index in [9.17, 15) is 14.0 Å². The van der Waals surface area contributed by atoms with Crippen LogP contribution in [0.4, 0.5) is 4.39 Å². The van der Waals surface area contributed by atoms with Crippen molar-refractivity contribution in [2.75, 3.05) is 0 Å². The average Bonchev–Trinajstić information content (AvgIpc) is 3.21. The van der Waals surface area contributed by atoms with Gasteiger partial charge in [-0.1, -0.05) is 72.3 Å². The molecule has 0 aliphatic carbocycles. The Balaban J connectivity index is 1.40. The van der Waals surface area contributed by atoms with Crippen molar-refractivity contribution < 1.29 is 18.3 Å². The van der Waals surface area contributed by atoms with Crippen molar-refractivity contribution in [3.63, 3.8) is 0 Å². The molecule has 0 bridgehead atoms. The van der Waals surface area contributed by atoms with Crippen LogP contribution < -0.4 is 10.2 Å². The number of benzene rings is 4. The SMILES string of the molecule is Cc1ccc(CN2C(=O)c3oc4ccc(F)cc4c(=O)c3C2c2ccc(OCc3ccccc3)cc2)cc1. The summed E-state index contributed by atoms with van der Waals surface area (Å²) in [6.45, 7) is 2.70. The number of halogens is 1. The second kappa shape index (κ2) is 9.63. The molecule has 0 fully saturated rings. The fourth-order valence-corrected chi connectivity index (χ4v) is 4.88. The van der Waals surface area contributed by atoms with Crippen molar-refractivity contribution in [3.05, 3.63) is 147 Å². The van der Waals surface area contributed by atoms with Crippen LogP contribution in [0.1, 0.15) is 44.4 Å². The van der Waals surface area contributed by atoms with Crippen LogP contribution in [0.25, 0.3) is 11.0 Å². The smallest absolute Gasteiger partial charge is 0.291 e. The Bertz CT molecular complexity index is 1690. The van der Waals surface area contributed by atoms with Gasteiger partial charge in [0.1, 0.15) is 23.8 Å². The fraction of sp³-hybridized carbons (Fsp3) is 0.125. The van der Waals surface area contributed by atoms with Gasteiger partial charge in [0.15, 0.2) is 5.43 Å². The third kappa shape index (κ3) is 4.34. The van der Waals surface area contributed by atoms with Crippen molar-refractivity contribution in [3.8, 4) is 5.75 Å². The predicted molar refractivity (Wildman–Crippen MR) is 143 cm³/mol. The van der Waals surface area contributed by atoms with Crippen LogP contribution >= 0.6 is 0 Å². The molecule has 0 saturated heterocycles. The molecule has 38 heavy (non-hydrogen) atoms. The second-order valence-corrected chi connectivity index (χ2v) is 9.48. The van der Waals surface area contributed by atoms with Gasteiger partial charge in [-0.15, -0.1) is 0 Å². The number of amides is 1. The van der Waals surface area contributed by atoms with E-state index in [4.69, 9.17) is 9.15 Å². The lowest BCUT2D eigenvalue weighted by Crippen LogP contribution is -2.29. The summed E-state index contributed by atoms with van der Waals surface area (Å²) in [5.41, 5.74) is 3.81. The number of hydrogen-bond acceptors (Lipinski definition) is 4. The summed E-state index contributed by atoms with van der Waals surface area (Å²) >= 11 is 0. The van der Waals surface area contributed by atoms with Crippen molar-refractivity contribution >= 4 is 16.9 Å². The minimum Gasteiger partial charge on any atom is -0.489 e. The van der Waals surface area contributed by atoms with E-state index >= 15 is 0 Å². The molecule has 0 saturated carbocycles. The first kappa shape index (κ1) is 23.7. The van der Waals surface area contributed by atoms with Gasteiger partial charge in [-0.25, -0.2) is 4.39 Å². The molecule has 1 amide bonds. The Morgan fingerprint density at radius 2 is 1.61 bits per heavy atom. The molecule has 6 heteroatoms. The molecule has 188 valence electrons. The Morgan fingerprint density at radius 1 is 0.868 bits per heavy atom. The lowest BCUT2D eigenvalue weighted by molar-refractivity contribution is 0.0714. The van der Waals surface area contributed by atoms with Crippen molar-refractivity contribution in [1.29, 1.82) is 0 Å². The first-order chi connectivity index (χ1) is 18.5. The maximum absolute atomic E-state index is 14.0. The van der Waals surface area contributed by atoms with E-state index in [-0.39, 0.29) is 34.7 Å². The van der Waals surface area contributed by atoms with Crippen LogP contribution in [-0.4, -0.2) is 10.8 Å². The second-order valence-electron chi connectivity index (χ2n) is 9.48. The molecule has 1 atom stereocenters. The zero-order valence-corrected chi connectivity index (χ0v) is 20.7. The first-order valence-corrected chi connectivity index (χ1v) is 12.4. The van der Waals surface area contributed by atoms with Crippen molar-refractivity contribution in [1.82, 2.24) is 4.90 Å². The number of hydrogen-bond donors (Lipinski definition) is 0. The third-order valence-corrected chi connectivity index (χ3v) is 6.85. The molecule has 1 unspecified atom stereocenters.